The van der Waals surface area contributed by atoms with E-state index in [0.29, 0.717) is 5.56 Å². The molecule has 1 aliphatic rings. The smallest absolute Gasteiger partial charge is 0.351 e. The molecule has 0 unspecified atom stereocenters. The number of nitrogens with two attached hydrogens (primary N) is 1. The average Bonchev–Trinajstić information content (AvgIpc) is 2.61. The molecule has 0 bridgehead atoms. The van der Waals surface area contributed by atoms with Crippen LogP contribution in [0.1, 0.15) is 11.8 Å². The second kappa shape index (κ2) is 4.65. The van der Waals surface area contributed by atoms with E-state index in [1.165, 1.54) is 6.20 Å². The molecule has 1 aliphatic heterocycles. The van der Waals surface area contributed by atoms with E-state index in [-0.39, 0.29) is 5.82 Å². The first-order valence-electron chi connectivity index (χ1n) is 5.43. The van der Waals surface area contributed by atoms with Crippen molar-refractivity contribution in [2.45, 2.75) is 31.5 Å². The van der Waals surface area contributed by atoms with Crippen molar-refractivity contribution in [2.75, 3.05) is 12.3 Å². The van der Waals surface area contributed by atoms with Crippen LogP contribution < -0.4 is 11.4 Å². The van der Waals surface area contributed by atoms with E-state index in [2.05, 4.69) is 4.98 Å². The van der Waals surface area contributed by atoms with Crippen LogP contribution in [0.3, 0.4) is 0 Å². The van der Waals surface area contributed by atoms with Gasteiger partial charge in [0, 0.05) is 11.8 Å². The van der Waals surface area contributed by atoms with Gasteiger partial charge in [0.1, 0.15) is 24.1 Å². The molecule has 8 heteroatoms. The molecule has 18 heavy (non-hydrogen) atoms. The monoisotopic (exact) mass is 257 g/mol. The minimum atomic E-state index is -1.32. The Labute approximate surface area is 102 Å². The van der Waals surface area contributed by atoms with E-state index in [1.54, 1.807) is 6.92 Å². The molecule has 1 aromatic heterocycles. The van der Waals surface area contributed by atoms with E-state index in [0.717, 1.165) is 4.57 Å². The number of rotatable bonds is 2. The third-order valence-electron chi connectivity index (χ3n) is 2.97. The first kappa shape index (κ1) is 13.0. The van der Waals surface area contributed by atoms with Gasteiger partial charge in [-0.25, -0.2) is 4.79 Å². The van der Waals surface area contributed by atoms with Gasteiger partial charge in [-0.2, -0.15) is 4.98 Å². The van der Waals surface area contributed by atoms with Crippen molar-refractivity contribution >= 4 is 5.82 Å². The molecule has 4 atom stereocenters. The van der Waals surface area contributed by atoms with Crippen LogP contribution >= 0.6 is 0 Å². The zero-order valence-electron chi connectivity index (χ0n) is 9.72. The highest BCUT2D eigenvalue weighted by Crippen LogP contribution is 2.28. The lowest BCUT2D eigenvalue weighted by atomic mass is 10.1. The number of aliphatic hydroxyl groups excluding tert-OH is 3. The van der Waals surface area contributed by atoms with E-state index in [4.69, 9.17) is 15.6 Å². The van der Waals surface area contributed by atoms with Crippen LogP contribution in [0.15, 0.2) is 11.0 Å². The summed E-state index contributed by atoms with van der Waals surface area (Å²) in [7, 11) is 0. The highest BCUT2D eigenvalue weighted by molar-refractivity contribution is 5.35. The first-order valence-corrected chi connectivity index (χ1v) is 5.43. The molecule has 0 aromatic carbocycles. The molecule has 5 N–H and O–H groups in total. The predicted octanol–water partition coefficient (Wildman–Crippen LogP) is -2.25. The number of nitrogen functional groups attached to an aromatic ring is 1. The molecule has 8 nitrogen and oxygen atoms in total. The summed E-state index contributed by atoms with van der Waals surface area (Å²) in [6.45, 7) is 1.20. The Kier molecular flexibility index (Phi) is 3.35. The maximum absolute atomic E-state index is 11.7. The van der Waals surface area contributed by atoms with Crippen molar-refractivity contribution in [1.82, 2.24) is 9.55 Å². The van der Waals surface area contributed by atoms with Gasteiger partial charge in [-0.15, -0.1) is 0 Å². The van der Waals surface area contributed by atoms with Crippen LogP contribution in [0.2, 0.25) is 0 Å². The van der Waals surface area contributed by atoms with E-state index < -0.39 is 36.8 Å². The zero-order valence-corrected chi connectivity index (χ0v) is 9.72. The Morgan fingerprint density at radius 2 is 2.17 bits per heavy atom. The first-order chi connectivity index (χ1) is 8.45. The number of nitrogens with zero attached hydrogens (tertiary/aromatic N) is 2. The number of aromatic nitrogens is 2. The summed E-state index contributed by atoms with van der Waals surface area (Å²) >= 11 is 0. The molecular weight excluding hydrogens is 242 g/mol. The van der Waals surface area contributed by atoms with Crippen molar-refractivity contribution < 1.29 is 20.1 Å². The van der Waals surface area contributed by atoms with Gasteiger partial charge in [0.25, 0.3) is 0 Å². The maximum atomic E-state index is 11.7. The summed E-state index contributed by atoms with van der Waals surface area (Å²) in [5.41, 5.74) is 5.35. The summed E-state index contributed by atoms with van der Waals surface area (Å²) in [5, 5.41) is 28.4. The normalized spacial score (nSPS) is 31.8. The van der Waals surface area contributed by atoms with Gasteiger partial charge in [0.2, 0.25) is 0 Å². The van der Waals surface area contributed by atoms with Crippen molar-refractivity contribution in [3.8, 4) is 0 Å². The van der Waals surface area contributed by atoms with Gasteiger partial charge in [-0.1, -0.05) is 0 Å². The molecule has 1 saturated heterocycles. The highest BCUT2D eigenvalue weighted by Gasteiger charge is 2.43. The summed E-state index contributed by atoms with van der Waals surface area (Å²) in [5.74, 6) is 0.1000. The fraction of sp³-hybridized carbons (Fsp3) is 0.600. The van der Waals surface area contributed by atoms with Gasteiger partial charge in [-0.3, -0.25) is 4.57 Å². The molecule has 0 aliphatic carbocycles. The topological polar surface area (TPSA) is 131 Å². The van der Waals surface area contributed by atoms with E-state index >= 15 is 0 Å². The van der Waals surface area contributed by atoms with Crippen LogP contribution in [-0.4, -0.2) is 49.8 Å². The number of hydrogen-bond donors (Lipinski definition) is 4. The Morgan fingerprint density at radius 3 is 2.72 bits per heavy atom. The van der Waals surface area contributed by atoms with E-state index in [9.17, 15) is 15.0 Å². The molecule has 0 spiro atoms. The second-order valence-corrected chi connectivity index (χ2v) is 4.23. The van der Waals surface area contributed by atoms with Crippen molar-refractivity contribution in [3.05, 3.63) is 22.2 Å². The van der Waals surface area contributed by atoms with Gasteiger partial charge >= 0.3 is 5.69 Å². The third-order valence-corrected chi connectivity index (χ3v) is 2.97. The number of aryl methyl sites for hydroxylation is 1. The zero-order chi connectivity index (χ0) is 13.4. The highest BCUT2D eigenvalue weighted by atomic mass is 16.6. The molecule has 100 valence electrons. The number of ether oxygens (including phenoxy) is 1. The Balaban J connectivity index is 2.39. The number of aliphatic hydroxyl groups is 3. The molecule has 1 aromatic rings. The Morgan fingerprint density at radius 1 is 1.50 bits per heavy atom. The Bertz CT molecular complexity index is 503. The predicted molar refractivity (Wildman–Crippen MR) is 60.7 cm³/mol. The lowest BCUT2D eigenvalue weighted by Crippen LogP contribution is -2.36. The van der Waals surface area contributed by atoms with Crippen LogP contribution in [0, 0.1) is 6.92 Å². The van der Waals surface area contributed by atoms with Crippen LogP contribution in [0.5, 0.6) is 0 Å². The Hall–Kier alpha value is -1.48. The average molecular weight is 257 g/mol. The van der Waals surface area contributed by atoms with E-state index in [1.807, 2.05) is 0 Å². The van der Waals surface area contributed by atoms with Crippen molar-refractivity contribution in [2.24, 2.45) is 0 Å². The molecule has 2 heterocycles. The lowest BCUT2D eigenvalue weighted by Gasteiger charge is -2.17. The van der Waals surface area contributed by atoms with Crippen LogP contribution in [0.25, 0.3) is 0 Å². The largest absolute Gasteiger partial charge is 0.394 e. The van der Waals surface area contributed by atoms with Gasteiger partial charge in [-0.05, 0) is 6.92 Å². The van der Waals surface area contributed by atoms with Crippen molar-refractivity contribution in [3.63, 3.8) is 0 Å². The maximum Gasteiger partial charge on any atom is 0.351 e. The van der Waals surface area contributed by atoms with Gasteiger partial charge in [0.05, 0.1) is 6.61 Å². The van der Waals surface area contributed by atoms with Crippen molar-refractivity contribution in [1.29, 1.82) is 0 Å². The molecular formula is C10H15N3O5. The number of anilines is 1. The summed E-state index contributed by atoms with van der Waals surface area (Å²) in [6.07, 6.45) is -3.20. The van der Waals surface area contributed by atoms with Crippen LogP contribution in [-0.2, 0) is 4.74 Å². The number of hydrogen-bond acceptors (Lipinski definition) is 7. The SMILES string of the molecule is Cc1cn([C@H]2O[C@@H](CO)[C@H](O)[C@@H]2O)c(=O)nc1N. The van der Waals surface area contributed by atoms with Crippen LogP contribution in [0.4, 0.5) is 5.82 Å². The third kappa shape index (κ3) is 1.99. The molecule has 0 amide bonds. The quantitative estimate of drug-likeness (QED) is 0.470. The fourth-order valence-corrected chi connectivity index (χ4v) is 1.87. The standard InChI is InChI=1S/C10H15N3O5/c1-4-2-13(10(17)12-8(4)11)9-7(16)6(15)5(3-14)18-9/h2,5-7,9,14-16H,3H2,1H3,(H2,11,12,17)/t5-,6-,7-,9-/m0/s1. The lowest BCUT2D eigenvalue weighted by molar-refractivity contribution is -0.0550. The summed E-state index contributed by atoms with van der Waals surface area (Å²) in [4.78, 5) is 15.2. The van der Waals surface area contributed by atoms with Gasteiger partial charge < -0.3 is 25.8 Å². The van der Waals surface area contributed by atoms with Gasteiger partial charge in [0.15, 0.2) is 6.23 Å². The summed E-state index contributed by atoms with van der Waals surface area (Å²) in [6, 6.07) is 0. The minimum absolute atomic E-state index is 0.1000. The molecule has 1 fully saturated rings. The molecule has 0 saturated carbocycles. The fourth-order valence-electron chi connectivity index (χ4n) is 1.87. The molecule has 2 rings (SSSR count). The minimum Gasteiger partial charge on any atom is -0.394 e. The summed E-state index contributed by atoms with van der Waals surface area (Å²) < 4.78 is 6.28. The molecule has 0 radical (unpaired) electrons. The second-order valence-electron chi connectivity index (χ2n) is 4.23.